The Morgan fingerprint density at radius 2 is 1.95 bits per heavy atom. The van der Waals surface area contributed by atoms with Crippen LogP contribution < -0.4 is 16.8 Å². The molecule has 0 radical (unpaired) electrons. The fourth-order valence-corrected chi connectivity index (χ4v) is 1.21. The van der Waals surface area contributed by atoms with Gasteiger partial charge >= 0.3 is 12.1 Å². The van der Waals surface area contributed by atoms with E-state index in [1.807, 2.05) is 0 Å². The summed E-state index contributed by atoms with van der Waals surface area (Å²) in [5, 5.41) is 11.3. The molecule has 0 spiro atoms. The summed E-state index contributed by atoms with van der Waals surface area (Å²) in [4.78, 5) is 26.2. The summed E-state index contributed by atoms with van der Waals surface area (Å²) in [5.74, 6) is -1.18. The monoisotopic (exact) mass is 274 g/mol. The van der Waals surface area contributed by atoms with E-state index in [0.29, 0.717) is 13.0 Å². The van der Waals surface area contributed by atoms with E-state index in [9.17, 15) is 9.59 Å². The van der Waals surface area contributed by atoms with E-state index in [0.717, 1.165) is 0 Å². The summed E-state index contributed by atoms with van der Waals surface area (Å²) < 4.78 is 4.98. The maximum Gasteiger partial charge on any atom is 0.408 e. The van der Waals surface area contributed by atoms with Gasteiger partial charge in [0.1, 0.15) is 11.6 Å². The Morgan fingerprint density at radius 3 is 2.37 bits per heavy atom. The number of rotatable bonds is 6. The molecule has 1 amide bonds. The second kappa shape index (κ2) is 7.45. The first-order valence-corrected chi connectivity index (χ1v) is 5.89. The van der Waals surface area contributed by atoms with Gasteiger partial charge in [0.15, 0.2) is 5.96 Å². The van der Waals surface area contributed by atoms with Gasteiger partial charge in [-0.2, -0.15) is 0 Å². The minimum atomic E-state index is -1.13. The maximum atomic E-state index is 11.5. The molecule has 0 fully saturated rings. The van der Waals surface area contributed by atoms with Crippen molar-refractivity contribution in [2.75, 3.05) is 6.54 Å². The van der Waals surface area contributed by atoms with Crippen LogP contribution in [0.1, 0.15) is 33.6 Å². The summed E-state index contributed by atoms with van der Waals surface area (Å²) in [7, 11) is 0. The van der Waals surface area contributed by atoms with Crippen molar-refractivity contribution >= 4 is 18.0 Å². The minimum Gasteiger partial charge on any atom is -0.480 e. The lowest BCUT2D eigenvalue weighted by molar-refractivity contribution is -0.139. The Bertz CT molecular complexity index is 345. The van der Waals surface area contributed by atoms with E-state index in [-0.39, 0.29) is 12.4 Å². The molecule has 0 aromatic carbocycles. The van der Waals surface area contributed by atoms with Gasteiger partial charge < -0.3 is 26.6 Å². The predicted octanol–water partition coefficient (Wildman–Crippen LogP) is 0.0179. The summed E-state index contributed by atoms with van der Waals surface area (Å²) >= 11 is 0. The van der Waals surface area contributed by atoms with Gasteiger partial charge in [0.2, 0.25) is 0 Å². The van der Waals surface area contributed by atoms with Gasteiger partial charge in [0, 0.05) is 6.54 Å². The fourth-order valence-electron chi connectivity index (χ4n) is 1.21. The summed E-state index contributed by atoms with van der Waals surface area (Å²) in [5.41, 5.74) is 9.61. The number of carbonyl (C=O) groups excluding carboxylic acids is 1. The van der Waals surface area contributed by atoms with Crippen LogP contribution in [-0.2, 0) is 9.53 Å². The molecule has 8 heteroatoms. The van der Waals surface area contributed by atoms with Crippen LogP contribution >= 0.6 is 0 Å². The molecule has 0 aromatic rings. The number of carboxylic acids is 1. The molecule has 0 aliphatic carbocycles. The maximum absolute atomic E-state index is 11.5. The van der Waals surface area contributed by atoms with E-state index < -0.39 is 23.7 Å². The number of nitrogens with one attached hydrogen (secondary N) is 1. The number of aliphatic carboxylic acids is 1. The van der Waals surface area contributed by atoms with Gasteiger partial charge in [-0.05, 0) is 33.6 Å². The molecule has 6 N–H and O–H groups in total. The normalized spacial score (nSPS) is 12.4. The van der Waals surface area contributed by atoms with Crippen LogP contribution in [-0.4, -0.2) is 41.3 Å². The topological polar surface area (TPSA) is 140 Å². The third kappa shape index (κ3) is 9.69. The molecule has 0 heterocycles. The third-order valence-corrected chi connectivity index (χ3v) is 1.93. The number of hydrogen-bond acceptors (Lipinski definition) is 4. The number of alkyl carbamates (subject to hydrolysis) is 1. The Balaban J connectivity index is 4.23. The highest BCUT2D eigenvalue weighted by atomic mass is 16.6. The second-order valence-corrected chi connectivity index (χ2v) is 4.99. The predicted molar refractivity (Wildman–Crippen MR) is 70.7 cm³/mol. The molecular weight excluding hydrogens is 252 g/mol. The number of carboxylic acid groups (broad SMARTS) is 1. The summed E-state index contributed by atoms with van der Waals surface area (Å²) in [6, 6.07) is -1.02. The lowest BCUT2D eigenvalue weighted by Gasteiger charge is -2.21. The summed E-state index contributed by atoms with van der Waals surface area (Å²) in [6.45, 7) is 5.39. The smallest absolute Gasteiger partial charge is 0.408 e. The van der Waals surface area contributed by atoms with Gasteiger partial charge in [-0.25, -0.2) is 9.59 Å². The standard InChI is InChI=1S/C11H22N4O4/c1-11(2,3)19-10(18)15-7(8(16)17)5-4-6-14-9(12)13/h7H,4-6H2,1-3H3,(H,15,18)(H,16,17)(H4,12,13,14)/t7-/m0/s1. The highest BCUT2D eigenvalue weighted by molar-refractivity contribution is 5.80. The number of carbonyl (C=O) groups is 2. The van der Waals surface area contributed by atoms with Crippen LogP contribution in [0.2, 0.25) is 0 Å². The summed E-state index contributed by atoms with van der Waals surface area (Å²) in [6.07, 6.45) is -0.113. The van der Waals surface area contributed by atoms with Gasteiger partial charge in [-0.3, -0.25) is 4.99 Å². The molecule has 0 unspecified atom stereocenters. The lowest BCUT2D eigenvalue weighted by atomic mass is 10.1. The van der Waals surface area contributed by atoms with Crippen LogP contribution in [0.5, 0.6) is 0 Å². The molecule has 0 saturated heterocycles. The van der Waals surface area contributed by atoms with E-state index in [1.165, 1.54) is 0 Å². The molecule has 110 valence electrons. The number of aliphatic imine (C=N–C) groups is 1. The van der Waals surface area contributed by atoms with Crippen molar-refractivity contribution in [3.8, 4) is 0 Å². The van der Waals surface area contributed by atoms with Crippen molar-refractivity contribution in [2.45, 2.75) is 45.3 Å². The highest BCUT2D eigenvalue weighted by Crippen LogP contribution is 2.07. The number of hydrogen-bond donors (Lipinski definition) is 4. The quantitative estimate of drug-likeness (QED) is 0.306. The van der Waals surface area contributed by atoms with Crippen molar-refractivity contribution in [3.05, 3.63) is 0 Å². The van der Waals surface area contributed by atoms with Gasteiger partial charge in [-0.1, -0.05) is 0 Å². The Hall–Kier alpha value is -1.99. The van der Waals surface area contributed by atoms with Crippen LogP contribution in [0.25, 0.3) is 0 Å². The van der Waals surface area contributed by atoms with Crippen molar-refractivity contribution in [1.29, 1.82) is 0 Å². The Morgan fingerprint density at radius 1 is 1.37 bits per heavy atom. The SMILES string of the molecule is CC(C)(C)OC(=O)N[C@@H](CCCN=C(N)N)C(=O)O. The first-order valence-electron chi connectivity index (χ1n) is 5.89. The van der Waals surface area contributed by atoms with Crippen molar-refractivity contribution in [2.24, 2.45) is 16.5 Å². The van der Waals surface area contributed by atoms with E-state index in [2.05, 4.69) is 10.3 Å². The Labute approximate surface area is 112 Å². The van der Waals surface area contributed by atoms with Crippen LogP contribution in [0, 0.1) is 0 Å². The van der Waals surface area contributed by atoms with Crippen LogP contribution in [0.4, 0.5) is 4.79 Å². The molecule has 8 nitrogen and oxygen atoms in total. The van der Waals surface area contributed by atoms with Crippen molar-refractivity contribution in [1.82, 2.24) is 5.32 Å². The van der Waals surface area contributed by atoms with E-state index in [1.54, 1.807) is 20.8 Å². The number of nitrogens with zero attached hydrogens (tertiary/aromatic N) is 1. The van der Waals surface area contributed by atoms with Crippen molar-refractivity contribution < 1.29 is 19.4 Å². The van der Waals surface area contributed by atoms with E-state index in [4.69, 9.17) is 21.3 Å². The largest absolute Gasteiger partial charge is 0.480 e. The fraction of sp³-hybridized carbons (Fsp3) is 0.727. The van der Waals surface area contributed by atoms with Crippen molar-refractivity contribution in [3.63, 3.8) is 0 Å². The molecule has 19 heavy (non-hydrogen) atoms. The number of nitrogens with two attached hydrogens (primary N) is 2. The average molecular weight is 274 g/mol. The van der Waals surface area contributed by atoms with Gasteiger partial charge in [0.05, 0.1) is 0 Å². The third-order valence-electron chi connectivity index (χ3n) is 1.93. The number of ether oxygens (including phenoxy) is 1. The van der Waals surface area contributed by atoms with Crippen LogP contribution in [0.3, 0.4) is 0 Å². The Kier molecular flexibility index (Phi) is 6.67. The molecule has 1 atom stereocenters. The van der Waals surface area contributed by atoms with Gasteiger partial charge in [-0.15, -0.1) is 0 Å². The number of guanidine groups is 1. The molecule has 0 bridgehead atoms. The zero-order valence-electron chi connectivity index (χ0n) is 11.5. The zero-order valence-corrected chi connectivity index (χ0v) is 11.5. The molecule has 0 aromatic heterocycles. The minimum absolute atomic E-state index is 0.0491. The van der Waals surface area contributed by atoms with Crippen LogP contribution in [0.15, 0.2) is 4.99 Å². The molecule has 0 aliphatic rings. The van der Waals surface area contributed by atoms with E-state index >= 15 is 0 Å². The first-order chi connectivity index (χ1) is 8.61. The molecular formula is C11H22N4O4. The first kappa shape index (κ1) is 17.0. The number of amides is 1. The average Bonchev–Trinajstić information content (AvgIpc) is 2.19. The second-order valence-electron chi connectivity index (χ2n) is 4.99. The highest BCUT2D eigenvalue weighted by Gasteiger charge is 2.23. The lowest BCUT2D eigenvalue weighted by Crippen LogP contribution is -2.43. The molecule has 0 saturated carbocycles. The zero-order chi connectivity index (χ0) is 15.1. The van der Waals surface area contributed by atoms with Gasteiger partial charge in [0.25, 0.3) is 0 Å². The molecule has 0 rings (SSSR count). The molecule has 0 aliphatic heterocycles.